The third-order valence-corrected chi connectivity index (χ3v) is 3.85. The van der Waals surface area contributed by atoms with Crippen LogP contribution >= 0.6 is 0 Å². The number of hydrogen-bond acceptors (Lipinski definition) is 1. The fourth-order valence-corrected chi connectivity index (χ4v) is 2.59. The van der Waals surface area contributed by atoms with Gasteiger partial charge in [0.2, 0.25) is 0 Å². The molecule has 0 aliphatic heterocycles. The topological polar surface area (TPSA) is 20.2 Å². The Morgan fingerprint density at radius 3 is 2.53 bits per heavy atom. The smallest absolute Gasteiger partial charge is 0.116 e. The number of aromatic hydroxyl groups is 1. The predicted octanol–water partition coefficient (Wildman–Crippen LogP) is 4.62. The zero-order chi connectivity index (χ0) is 12.5. The van der Waals surface area contributed by atoms with E-state index in [-0.39, 0.29) is 0 Å². The van der Waals surface area contributed by atoms with Crippen LogP contribution in [-0.2, 0) is 0 Å². The molecule has 0 bridgehead atoms. The third kappa shape index (κ3) is 2.91. The van der Waals surface area contributed by atoms with E-state index in [1.165, 1.54) is 17.6 Å². The molecular formula is C16H22O. The lowest BCUT2D eigenvalue weighted by molar-refractivity contribution is 0.225. The van der Waals surface area contributed by atoms with Crippen molar-refractivity contribution in [1.82, 2.24) is 0 Å². The zero-order valence-electron chi connectivity index (χ0n) is 11.0. The Hall–Kier alpha value is -1.24. The Labute approximate surface area is 104 Å². The van der Waals surface area contributed by atoms with Crippen LogP contribution in [0.1, 0.15) is 45.6 Å². The van der Waals surface area contributed by atoms with Gasteiger partial charge in [-0.1, -0.05) is 39.0 Å². The first-order chi connectivity index (χ1) is 7.97. The Balaban J connectivity index is 2.14. The van der Waals surface area contributed by atoms with E-state index in [2.05, 4.69) is 32.9 Å². The van der Waals surface area contributed by atoms with Gasteiger partial charge in [0.25, 0.3) is 0 Å². The van der Waals surface area contributed by atoms with Crippen molar-refractivity contribution in [1.29, 1.82) is 0 Å². The van der Waals surface area contributed by atoms with Crippen LogP contribution in [0, 0.1) is 11.3 Å². The van der Waals surface area contributed by atoms with Crippen LogP contribution in [0.5, 0.6) is 5.75 Å². The molecule has 0 amide bonds. The average molecular weight is 230 g/mol. The van der Waals surface area contributed by atoms with Crippen molar-refractivity contribution in [3.8, 4) is 5.75 Å². The summed E-state index contributed by atoms with van der Waals surface area (Å²) in [5.74, 6) is 1.14. The highest BCUT2D eigenvalue weighted by Gasteiger charge is 2.26. The van der Waals surface area contributed by atoms with Crippen molar-refractivity contribution in [3.63, 3.8) is 0 Å². The Kier molecular flexibility index (Phi) is 3.28. The van der Waals surface area contributed by atoms with E-state index in [4.69, 9.17) is 0 Å². The monoisotopic (exact) mass is 230 g/mol. The number of benzene rings is 1. The van der Waals surface area contributed by atoms with Crippen LogP contribution in [0.4, 0.5) is 0 Å². The van der Waals surface area contributed by atoms with Gasteiger partial charge in [-0.15, -0.1) is 0 Å². The number of rotatable bonds is 1. The lowest BCUT2D eigenvalue weighted by Crippen LogP contribution is -2.21. The fourth-order valence-electron chi connectivity index (χ4n) is 2.59. The lowest BCUT2D eigenvalue weighted by Gasteiger charge is -2.33. The molecule has 0 aromatic heterocycles. The summed E-state index contributed by atoms with van der Waals surface area (Å²) in [4.78, 5) is 0. The molecule has 92 valence electrons. The lowest BCUT2D eigenvalue weighted by atomic mass is 9.72. The fraction of sp³-hybridized carbons (Fsp3) is 0.500. The van der Waals surface area contributed by atoms with Crippen molar-refractivity contribution in [2.45, 2.75) is 40.0 Å². The van der Waals surface area contributed by atoms with Crippen molar-refractivity contribution in [2.75, 3.05) is 0 Å². The van der Waals surface area contributed by atoms with Crippen LogP contribution < -0.4 is 0 Å². The summed E-state index contributed by atoms with van der Waals surface area (Å²) in [5, 5.41) is 9.50. The van der Waals surface area contributed by atoms with Gasteiger partial charge in [-0.05, 0) is 53.9 Å². The molecule has 0 fully saturated rings. The molecule has 1 atom stereocenters. The van der Waals surface area contributed by atoms with Crippen LogP contribution in [-0.4, -0.2) is 5.11 Å². The molecule has 17 heavy (non-hydrogen) atoms. The van der Waals surface area contributed by atoms with E-state index in [0.29, 0.717) is 11.2 Å². The molecule has 1 heteroatoms. The molecule has 1 nitrogen and oxygen atoms in total. The van der Waals surface area contributed by atoms with Gasteiger partial charge in [-0.2, -0.15) is 0 Å². The Morgan fingerprint density at radius 1 is 1.24 bits per heavy atom. The second-order valence-corrected chi connectivity index (χ2v) is 6.12. The first kappa shape index (κ1) is 12.2. The second kappa shape index (κ2) is 4.56. The van der Waals surface area contributed by atoms with Gasteiger partial charge in [0.1, 0.15) is 5.75 Å². The maximum atomic E-state index is 9.50. The minimum Gasteiger partial charge on any atom is -0.508 e. The predicted molar refractivity (Wildman–Crippen MR) is 72.9 cm³/mol. The highest BCUT2D eigenvalue weighted by Crippen LogP contribution is 2.39. The van der Waals surface area contributed by atoms with Gasteiger partial charge in [0, 0.05) is 0 Å². The maximum absolute atomic E-state index is 9.50. The van der Waals surface area contributed by atoms with Gasteiger partial charge >= 0.3 is 0 Å². The first-order valence-corrected chi connectivity index (χ1v) is 6.45. The maximum Gasteiger partial charge on any atom is 0.116 e. The molecular weight excluding hydrogens is 208 g/mol. The van der Waals surface area contributed by atoms with Crippen molar-refractivity contribution in [2.24, 2.45) is 11.3 Å². The molecule has 1 aliphatic carbocycles. The minimum atomic E-state index is 0.362. The molecule has 1 unspecified atom stereocenters. The largest absolute Gasteiger partial charge is 0.508 e. The number of hydrogen-bond donors (Lipinski definition) is 1. The molecule has 0 saturated heterocycles. The molecule has 0 spiro atoms. The summed E-state index contributed by atoms with van der Waals surface area (Å²) in [7, 11) is 0. The summed E-state index contributed by atoms with van der Waals surface area (Å²) in [6.45, 7) is 6.97. The van der Waals surface area contributed by atoms with Gasteiger partial charge in [0.15, 0.2) is 0 Å². The Morgan fingerprint density at radius 2 is 2.00 bits per heavy atom. The van der Waals surface area contributed by atoms with Crippen molar-refractivity contribution >= 4 is 5.57 Å². The standard InChI is InChI=1S/C16H22O/c1-16(2,3)14-9-7-12(8-10-14)13-5-4-6-15(17)11-13/h4-7,11,14,17H,8-10H2,1-3H3. The van der Waals surface area contributed by atoms with Crippen molar-refractivity contribution in [3.05, 3.63) is 35.9 Å². The first-order valence-electron chi connectivity index (χ1n) is 6.45. The van der Waals surface area contributed by atoms with Gasteiger partial charge in [-0.25, -0.2) is 0 Å². The van der Waals surface area contributed by atoms with Gasteiger partial charge in [0.05, 0.1) is 0 Å². The van der Waals surface area contributed by atoms with E-state index in [1.807, 2.05) is 12.1 Å². The summed E-state index contributed by atoms with van der Waals surface area (Å²) in [6.07, 6.45) is 5.90. The van der Waals surface area contributed by atoms with Gasteiger partial charge < -0.3 is 5.11 Å². The quantitative estimate of drug-likeness (QED) is 0.746. The Bertz CT molecular complexity index is 423. The highest BCUT2D eigenvalue weighted by molar-refractivity contribution is 5.67. The molecule has 1 aromatic rings. The van der Waals surface area contributed by atoms with Crippen LogP contribution in [0.3, 0.4) is 0 Å². The second-order valence-electron chi connectivity index (χ2n) is 6.12. The molecule has 1 aliphatic rings. The van der Waals surface area contributed by atoms with E-state index >= 15 is 0 Å². The zero-order valence-corrected chi connectivity index (χ0v) is 11.0. The summed E-state index contributed by atoms with van der Waals surface area (Å²) in [6, 6.07) is 7.60. The van der Waals surface area contributed by atoms with E-state index in [1.54, 1.807) is 6.07 Å². The van der Waals surface area contributed by atoms with Crippen LogP contribution in [0.15, 0.2) is 30.3 Å². The SMILES string of the molecule is CC(C)(C)C1CC=C(c2cccc(O)c2)CC1. The van der Waals surface area contributed by atoms with E-state index in [0.717, 1.165) is 18.8 Å². The molecule has 1 aromatic carbocycles. The van der Waals surface area contributed by atoms with Crippen molar-refractivity contribution < 1.29 is 5.11 Å². The normalized spacial score (nSPS) is 21.1. The third-order valence-electron chi connectivity index (χ3n) is 3.85. The number of phenols is 1. The molecule has 0 heterocycles. The minimum absolute atomic E-state index is 0.362. The van der Waals surface area contributed by atoms with E-state index < -0.39 is 0 Å². The number of allylic oxidation sites excluding steroid dienone is 2. The molecule has 1 N–H and O–H groups in total. The van der Waals surface area contributed by atoms with E-state index in [9.17, 15) is 5.11 Å². The van der Waals surface area contributed by atoms with Crippen LogP contribution in [0.25, 0.3) is 5.57 Å². The molecule has 2 rings (SSSR count). The highest BCUT2D eigenvalue weighted by atomic mass is 16.3. The number of phenolic OH excluding ortho intramolecular Hbond substituents is 1. The average Bonchev–Trinajstić information content (AvgIpc) is 2.28. The summed E-state index contributed by atoms with van der Waals surface area (Å²) < 4.78 is 0. The van der Waals surface area contributed by atoms with Crippen LogP contribution in [0.2, 0.25) is 0 Å². The molecule has 0 saturated carbocycles. The summed E-state index contributed by atoms with van der Waals surface area (Å²) in [5.41, 5.74) is 2.97. The summed E-state index contributed by atoms with van der Waals surface area (Å²) >= 11 is 0. The van der Waals surface area contributed by atoms with Gasteiger partial charge in [-0.3, -0.25) is 0 Å². The molecule has 0 radical (unpaired) electrons.